The van der Waals surface area contributed by atoms with Crippen LogP contribution in [0.3, 0.4) is 0 Å². The van der Waals surface area contributed by atoms with E-state index < -0.39 is 17.8 Å². The zero-order valence-corrected chi connectivity index (χ0v) is 15.5. The van der Waals surface area contributed by atoms with Gasteiger partial charge in [-0.25, -0.2) is 4.98 Å². The van der Waals surface area contributed by atoms with E-state index in [2.05, 4.69) is 4.98 Å². The number of nitrogens with zero attached hydrogens (tertiary/aromatic N) is 2. The normalized spacial score (nSPS) is 12.9. The van der Waals surface area contributed by atoms with Crippen LogP contribution in [0.2, 0.25) is 10.0 Å². The molecule has 0 unspecified atom stereocenters. The van der Waals surface area contributed by atoms with E-state index >= 15 is 0 Å². The molecule has 0 aliphatic carbocycles. The summed E-state index contributed by atoms with van der Waals surface area (Å²) in [5.74, 6) is 0. The van der Waals surface area contributed by atoms with Crippen LogP contribution >= 0.6 is 23.2 Å². The van der Waals surface area contributed by atoms with Gasteiger partial charge < -0.3 is 9.30 Å². The molecule has 0 N–H and O–H groups in total. The minimum absolute atomic E-state index is 0.135. The molecule has 2 aromatic carbocycles. The van der Waals surface area contributed by atoms with Gasteiger partial charge in [-0.05, 0) is 29.8 Å². The second kappa shape index (κ2) is 8.33. The molecular weight excluding hydrogens is 400 g/mol. The first kappa shape index (κ1) is 19.7. The van der Waals surface area contributed by atoms with E-state index in [0.717, 1.165) is 17.7 Å². The van der Waals surface area contributed by atoms with E-state index in [4.69, 9.17) is 27.9 Å². The van der Waals surface area contributed by atoms with Gasteiger partial charge in [0.25, 0.3) is 0 Å². The van der Waals surface area contributed by atoms with E-state index in [9.17, 15) is 13.2 Å². The molecule has 1 atom stereocenters. The van der Waals surface area contributed by atoms with Crippen molar-refractivity contribution in [3.63, 3.8) is 0 Å². The molecule has 1 aromatic heterocycles. The van der Waals surface area contributed by atoms with Crippen LogP contribution in [0.4, 0.5) is 13.2 Å². The zero-order valence-electron chi connectivity index (χ0n) is 14.0. The van der Waals surface area contributed by atoms with Crippen LogP contribution in [0.1, 0.15) is 22.8 Å². The monoisotopic (exact) mass is 414 g/mol. The Kier molecular flexibility index (Phi) is 6.09. The highest BCUT2D eigenvalue weighted by atomic mass is 35.5. The fourth-order valence-corrected chi connectivity index (χ4v) is 3.11. The average molecular weight is 415 g/mol. The largest absolute Gasteiger partial charge is 0.416 e. The number of halogens is 5. The average Bonchev–Trinajstić information content (AvgIpc) is 3.12. The smallest absolute Gasteiger partial charge is 0.367 e. The number of rotatable bonds is 6. The van der Waals surface area contributed by atoms with Crippen molar-refractivity contribution in [1.29, 1.82) is 0 Å². The third kappa shape index (κ3) is 5.25. The summed E-state index contributed by atoms with van der Waals surface area (Å²) < 4.78 is 45.8. The first-order chi connectivity index (χ1) is 12.8. The Labute approximate surface area is 164 Å². The van der Waals surface area contributed by atoms with Crippen molar-refractivity contribution < 1.29 is 17.9 Å². The van der Waals surface area contributed by atoms with Gasteiger partial charge in [0, 0.05) is 28.0 Å². The van der Waals surface area contributed by atoms with Gasteiger partial charge in [0.1, 0.15) is 6.10 Å². The van der Waals surface area contributed by atoms with E-state index in [-0.39, 0.29) is 6.61 Å². The van der Waals surface area contributed by atoms with Crippen molar-refractivity contribution in [2.45, 2.75) is 25.4 Å². The van der Waals surface area contributed by atoms with Crippen LogP contribution in [-0.4, -0.2) is 9.55 Å². The maximum Gasteiger partial charge on any atom is 0.416 e. The molecule has 3 rings (SSSR count). The van der Waals surface area contributed by atoms with Crippen molar-refractivity contribution in [2.75, 3.05) is 0 Å². The zero-order chi connectivity index (χ0) is 19.4. The van der Waals surface area contributed by atoms with Crippen LogP contribution in [-0.2, 0) is 24.1 Å². The Morgan fingerprint density at radius 2 is 1.81 bits per heavy atom. The maximum absolute atomic E-state index is 12.7. The maximum atomic E-state index is 12.7. The summed E-state index contributed by atoms with van der Waals surface area (Å²) in [5.41, 5.74) is 0.673. The molecule has 1 heterocycles. The molecular formula is C19H15Cl2F3N2O. The summed E-state index contributed by atoms with van der Waals surface area (Å²) >= 11 is 12.3. The summed E-state index contributed by atoms with van der Waals surface area (Å²) in [5, 5.41) is 0.966. The predicted octanol–water partition coefficient (Wildman–Crippen LogP) is 6.17. The Morgan fingerprint density at radius 3 is 2.41 bits per heavy atom. The lowest BCUT2D eigenvalue weighted by atomic mass is 10.1. The highest BCUT2D eigenvalue weighted by Crippen LogP contribution is 2.32. The first-order valence-corrected chi connectivity index (χ1v) is 8.77. The Balaban J connectivity index is 1.77. The quantitative estimate of drug-likeness (QED) is 0.482. The van der Waals surface area contributed by atoms with Gasteiger partial charge in [0.15, 0.2) is 0 Å². The first-order valence-electron chi connectivity index (χ1n) is 8.01. The highest BCUT2D eigenvalue weighted by molar-refractivity contribution is 6.35. The number of ether oxygens (including phenoxy) is 1. The molecule has 8 heteroatoms. The molecule has 0 radical (unpaired) electrons. The second-order valence-electron chi connectivity index (χ2n) is 5.92. The number of benzene rings is 2. The van der Waals surface area contributed by atoms with Gasteiger partial charge in [0.05, 0.1) is 25.0 Å². The van der Waals surface area contributed by atoms with Gasteiger partial charge in [0.2, 0.25) is 0 Å². The highest BCUT2D eigenvalue weighted by Gasteiger charge is 2.30. The molecule has 3 aromatic rings. The third-order valence-corrected chi connectivity index (χ3v) is 4.54. The van der Waals surface area contributed by atoms with Gasteiger partial charge in [-0.1, -0.05) is 41.4 Å². The predicted molar refractivity (Wildman–Crippen MR) is 97.7 cm³/mol. The number of hydrogen-bond donors (Lipinski definition) is 0. The van der Waals surface area contributed by atoms with Gasteiger partial charge in [-0.15, -0.1) is 0 Å². The lowest BCUT2D eigenvalue weighted by Gasteiger charge is -2.20. The number of hydrogen-bond acceptors (Lipinski definition) is 2. The van der Waals surface area contributed by atoms with E-state index in [1.807, 2.05) is 4.57 Å². The molecule has 3 nitrogen and oxygen atoms in total. The Hall–Kier alpha value is -2.02. The molecule has 0 saturated heterocycles. The number of aromatic nitrogens is 2. The minimum atomic E-state index is -4.36. The van der Waals surface area contributed by atoms with Crippen molar-refractivity contribution in [3.05, 3.63) is 87.9 Å². The third-order valence-electron chi connectivity index (χ3n) is 3.98. The van der Waals surface area contributed by atoms with Crippen molar-refractivity contribution in [1.82, 2.24) is 9.55 Å². The van der Waals surface area contributed by atoms with Gasteiger partial charge in [-0.2, -0.15) is 13.2 Å². The fraction of sp³-hybridized carbons (Fsp3) is 0.211. The lowest BCUT2D eigenvalue weighted by molar-refractivity contribution is -0.137. The van der Waals surface area contributed by atoms with E-state index in [1.54, 1.807) is 36.9 Å². The molecule has 0 fully saturated rings. The molecule has 142 valence electrons. The molecule has 0 spiro atoms. The van der Waals surface area contributed by atoms with Crippen LogP contribution in [0.15, 0.2) is 61.2 Å². The summed E-state index contributed by atoms with van der Waals surface area (Å²) in [6.07, 6.45) is 0.305. The van der Waals surface area contributed by atoms with Crippen molar-refractivity contribution in [3.8, 4) is 0 Å². The molecule has 27 heavy (non-hydrogen) atoms. The lowest BCUT2D eigenvalue weighted by Crippen LogP contribution is -2.13. The fourth-order valence-electron chi connectivity index (χ4n) is 2.58. The number of alkyl halides is 3. The molecule has 0 aliphatic rings. The standard InChI is InChI=1S/C19H15Cl2F3N2O/c20-15-5-6-16(17(21)9-15)18(10-26-8-7-25-12-26)27-11-13-1-3-14(4-2-13)19(22,23)24/h1-9,12,18H,10-11H2/t18-/m0/s1. The molecule has 0 aliphatic heterocycles. The van der Waals surface area contributed by atoms with Crippen molar-refractivity contribution >= 4 is 23.2 Å². The summed E-state index contributed by atoms with van der Waals surface area (Å²) in [7, 11) is 0. The Bertz CT molecular complexity index is 881. The van der Waals surface area contributed by atoms with E-state index in [0.29, 0.717) is 22.2 Å². The number of imidazole rings is 1. The van der Waals surface area contributed by atoms with Crippen LogP contribution < -0.4 is 0 Å². The van der Waals surface area contributed by atoms with Crippen LogP contribution in [0, 0.1) is 0 Å². The summed E-state index contributed by atoms with van der Waals surface area (Å²) in [6.45, 7) is 0.582. The van der Waals surface area contributed by atoms with Crippen LogP contribution in [0.5, 0.6) is 0 Å². The van der Waals surface area contributed by atoms with Crippen molar-refractivity contribution in [2.24, 2.45) is 0 Å². The Morgan fingerprint density at radius 1 is 1.07 bits per heavy atom. The van der Waals surface area contributed by atoms with Crippen LogP contribution in [0.25, 0.3) is 0 Å². The topological polar surface area (TPSA) is 27.1 Å². The summed E-state index contributed by atoms with van der Waals surface area (Å²) in [6, 6.07) is 10.0. The molecule has 0 saturated carbocycles. The SMILES string of the molecule is FC(F)(F)c1ccc(CO[C@@H](Cn2ccnc2)c2ccc(Cl)cc2Cl)cc1. The van der Waals surface area contributed by atoms with E-state index in [1.165, 1.54) is 12.1 Å². The molecule has 0 amide bonds. The summed E-state index contributed by atoms with van der Waals surface area (Å²) in [4.78, 5) is 4.00. The van der Waals surface area contributed by atoms with Gasteiger partial charge in [-0.3, -0.25) is 0 Å². The second-order valence-corrected chi connectivity index (χ2v) is 6.76. The van der Waals surface area contributed by atoms with Gasteiger partial charge >= 0.3 is 6.18 Å². The minimum Gasteiger partial charge on any atom is -0.367 e. The molecule has 0 bridgehead atoms.